The number of nitrogens with one attached hydrogen (secondary N) is 1. The third kappa shape index (κ3) is 3.19. The summed E-state index contributed by atoms with van der Waals surface area (Å²) in [5.41, 5.74) is 0. The predicted molar refractivity (Wildman–Crippen MR) is 62.1 cm³/mol. The van der Waals surface area contributed by atoms with Crippen molar-refractivity contribution in [2.24, 2.45) is 0 Å². The van der Waals surface area contributed by atoms with E-state index in [1.54, 1.807) is 11.2 Å². The van der Waals surface area contributed by atoms with Crippen molar-refractivity contribution in [1.29, 1.82) is 0 Å². The Morgan fingerprint density at radius 2 is 2.26 bits per heavy atom. The Kier molecular flexibility index (Phi) is 3.95. The zero-order valence-electron chi connectivity index (χ0n) is 10.2. The summed E-state index contributed by atoms with van der Waals surface area (Å²) in [5.74, 6) is -0.577. The van der Waals surface area contributed by atoms with Gasteiger partial charge in [0.1, 0.15) is 6.33 Å². The number of aromatic nitrogens is 3. The largest absolute Gasteiger partial charge is 0.479 e. The summed E-state index contributed by atoms with van der Waals surface area (Å²) in [5, 5.41) is 27.8. The summed E-state index contributed by atoms with van der Waals surface area (Å²) in [7, 11) is 0. The van der Waals surface area contributed by atoms with Crippen LogP contribution in [0.2, 0.25) is 0 Å². The molecule has 0 aromatic carbocycles. The molecule has 0 spiro atoms. The zero-order valence-corrected chi connectivity index (χ0v) is 10.2. The Bertz CT molecular complexity index is 474. The highest BCUT2D eigenvalue weighted by molar-refractivity contribution is 5.74. The molecule has 2 rings (SSSR count). The molecule has 9 nitrogen and oxygen atoms in total. The fourth-order valence-electron chi connectivity index (χ4n) is 1.79. The number of carbonyl (C=O) groups is 2. The van der Waals surface area contributed by atoms with Gasteiger partial charge < -0.3 is 25.0 Å². The molecule has 0 saturated carbocycles. The maximum absolute atomic E-state index is 11.8. The summed E-state index contributed by atoms with van der Waals surface area (Å²) in [6, 6.07) is -0.299. The van der Waals surface area contributed by atoms with E-state index in [0.717, 1.165) is 0 Å². The van der Waals surface area contributed by atoms with Gasteiger partial charge in [0.15, 0.2) is 11.9 Å². The van der Waals surface area contributed by atoms with Crippen LogP contribution < -0.4 is 5.32 Å². The van der Waals surface area contributed by atoms with E-state index in [4.69, 9.17) is 10.2 Å². The monoisotopic (exact) mass is 269 g/mol. The molecule has 0 saturated heterocycles. The van der Waals surface area contributed by atoms with E-state index in [1.807, 2.05) is 4.57 Å². The highest BCUT2D eigenvalue weighted by atomic mass is 16.4. The summed E-state index contributed by atoms with van der Waals surface area (Å²) in [6.45, 7) is 1.65. The van der Waals surface area contributed by atoms with E-state index in [0.29, 0.717) is 25.5 Å². The van der Waals surface area contributed by atoms with Gasteiger partial charge in [-0.05, 0) is 0 Å². The molecule has 0 aliphatic carbocycles. The van der Waals surface area contributed by atoms with Crippen molar-refractivity contribution in [3.8, 4) is 0 Å². The van der Waals surface area contributed by atoms with Crippen molar-refractivity contribution in [3.63, 3.8) is 0 Å². The molecule has 9 heteroatoms. The smallest absolute Gasteiger partial charge is 0.332 e. The standard InChI is InChI=1S/C10H15N5O4/c16-7(9(17)18)1-2-11-10(19)14-3-4-15-6-12-13-8(15)5-14/h6-7,16H,1-5H2,(H,11,19)(H,17,18). The van der Waals surface area contributed by atoms with Crippen LogP contribution in [0.1, 0.15) is 12.2 Å². The number of hydrogen-bond donors (Lipinski definition) is 3. The SMILES string of the molecule is O=C(O)C(O)CCNC(=O)N1CCn2cnnc2C1. The first-order chi connectivity index (χ1) is 9.08. The number of urea groups is 1. The van der Waals surface area contributed by atoms with Crippen molar-refractivity contribution in [1.82, 2.24) is 25.0 Å². The van der Waals surface area contributed by atoms with Crippen LogP contribution >= 0.6 is 0 Å². The van der Waals surface area contributed by atoms with Crippen molar-refractivity contribution >= 4 is 12.0 Å². The van der Waals surface area contributed by atoms with E-state index in [1.165, 1.54) is 0 Å². The lowest BCUT2D eigenvalue weighted by Gasteiger charge is -2.27. The van der Waals surface area contributed by atoms with E-state index in [9.17, 15) is 9.59 Å². The van der Waals surface area contributed by atoms with Crippen LogP contribution in [0, 0.1) is 0 Å². The number of carboxylic acids is 1. The third-order valence-electron chi connectivity index (χ3n) is 2.91. The van der Waals surface area contributed by atoms with Crippen LogP contribution in [0.5, 0.6) is 0 Å². The number of carboxylic acid groups (broad SMARTS) is 1. The molecule has 1 aliphatic heterocycles. The summed E-state index contributed by atoms with van der Waals surface area (Å²) >= 11 is 0. The van der Waals surface area contributed by atoms with E-state index in [-0.39, 0.29) is 19.0 Å². The van der Waals surface area contributed by atoms with Crippen LogP contribution in [0.4, 0.5) is 4.79 Å². The van der Waals surface area contributed by atoms with Gasteiger partial charge in [-0.1, -0.05) is 0 Å². The fraction of sp³-hybridized carbons (Fsp3) is 0.600. The van der Waals surface area contributed by atoms with E-state index < -0.39 is 12.1 Å². The number of aliphatic hydroxyl groups is 1. The average molecular weight is 269 g/mol. The topological polar surface area (TPSA) is 121 Å². The number of nitrogens with zero attached hydrogens (tertiary/aromatic N) is 4. The van der Waals surface area contributed by atoms with Gasteiger partial charge in [0.25, 0.3) is 0 Å². The average Bonchev–Trinajstić information content (AvgIpc) is 2.85. The van der Waals surface area contributed by atoms with Gasteiger partial charge in [-0.15, -0.1) is 10.2 Å². The van der Waals surface area contributed by atoms with Crippen LogP contribution in [0.3, 0.4) is 0 Å². The minimum absolute atomic E-state index is 0.0227. The Morgan fingerprint density at radius 3 is 3.00 bits per heavy atom. The van der Waals surface area contributed by atoms with Crippen LogP contribution in [0.25, 0.3) is 0 Å². The molecule has 1 aromatic heterocycles. The molecule has 1 aliphatic rings. The molecule has 3 N–H and O–H groups in total. The van der Waals surface area contributed by atoms with Crippen molar-refractivity contribution in [2.45, 2.75) is 25.6 Å². The number of aliphatic carboxylic acids is 1. The molecule has 0 radical (unpaired) electrons. The minimum atomic E-state index is -1.45. The lowest BCUT2D eigenvalue weighted by atomic mass is 10.2. The second kappa shape index (κ2) is 5.65. The van der Waals surface area contributed by atoms with Crippen molar-refractivity contribution in [2.75, 3.05) is 13.1 Å². The van der Waals surface area contributed by atoms with Gasteiger partial charge >= 0.3 is 12.0 Å². The van der Waals surface area contributed by atoms with Crippen LogP contribution in [-0.2, 0) is 17.9 Å². The summed E-state index contributed by atoms with van der Waals surface area (Å²) in [6.07, 6.45) is 0.142. The zero-order chi connectivity index (χ0) is 13.8. The summed E-state index contributed by atoms with van der Waals surface area (Å²) in [4.78, 5) is 23.8. The molecule has 0 fully saturated rings. The van der Waals surface area contributed by atoms with E-state index >= 15 is 0 Å². The minimum Gasteiger partial charge on any atom is -0.479 e. The molecule has 0 bridgehead atoms. The first kappa shape index (κ1) is 13.3. The molecule has 2 heterocycles. The highest BCUT2D eigenvalue weighted by Gasteiger charge is 2.22. The quantitative estimate of drug-likeness (QED) is 0.620. The Morgan fingerprint density at radius 1 is 1.47 bits per heavy atom. The number of fused-ring (bicyclic) bond motifs is 1. The number of amides is 2. The lowest BCUT2D eigenvalue weighted by molar-refractivity contribution is -0.146. The molecule has 104 valence electrons. The predicted octanol–water partition coefficient (Wildman–Crippen LogP) is -1.36. The number of aliphatic hydroxyl groups excluding tert-OH is 1. The molecular weight excluding hydrogens is 254 g/mol. The van der Waals surface area contributed by atoms with Gasteiger partial charge in [0, 0.05) is 26.1 Å². The molecular formula is C10H15N5O4. The number of carbonyl (C=O) groups excluding carboxylic acids is 1. The van der Waals surface area contributed by atoms with E-state index in [2.05, 4.69) is 15.5 Å². The maximum Gasteiger partial charge on any atom is 0.332 e. The second-order valence-electron chi connectivity index (χ2n) is 4.24. The molecule has 1 aromatic rings. The van der Waals surface area contributed by atoms with Gasteiger partial charge in [-0.3, -0.25) is 0 Å². The normalized spacial score (nSPS) is 15.7. The van der Waals surface area contributed by atoms with Gasteiger partial charge in [-0.25, -0.2) is 9.59 Å². The van der Waals surface area contributed by atoms with Crippen molar-refractivity contribution < 1.29 is 19.8 Å². The summed E-state index contributed by atoms with van der Waals surface area (Å²) < 4.78 is 1.87. The van der Waals surface area contributed by atoms with Gasteiger partial charge in [0.05, 0.1) is 6.54 Å². The highest BCUT2D eigenvalue weighted by Crippen LogP contribution is 2.08. The van der Waals surface area contributed by atoms with Crippen molar-refractivity contribution in [3.05, 3.63) is 12.2 Å². The van der Waals surface area contributed by atoms with Crippen LogP contribution in [0.15, 0.2) is 6.33 Å². The van der Waals surface area contributed by atoms with Gasteiger partial charge in [-0.2, -0.15) is 0 Å². The lowest BCUT2D eigenvalue weighted by Crippen LogP contribution is -2.45. The third-order valence-corrected chi connectivity index (χ3v) is 2.91. The Labute approximate surface area is 108 Å². The molecule has 19 heavy (non-hydrogen) atoms. The number of rotatable bonds is 4. The second-order valence-corrected chi connectivity index (χ2v) is 4.24. The molecule has 1 unspecified atom stereocenters. The Balaban J connectivity index is 1.77. The fourth-order valence-corrected chi connectivity index (χ4v) is 1.79. The maximum atomic E-state index is 11.8. The Hall–Kier alpha value is -2.16. The van der Waals surface area contributed by atoms with Crippen LogP contribution in [-0.4, -0.2) is 61.1 Å². The first-order valence-electron chi connectivity index (χ1n) is 5.88. The first-order valence-corrected chi connectivity index (χ1v) is 5.88. The van der Waals surface area contributed by atoms with Gasteiger partial charge in [0.2, 0.25) is 0 Å². The molecule has 1 atom stereocenters. The molecule has 2 amide bonds. The number of hydrogen-bond acceptors (Lipinski definition) is 5.